The van der Waals surface area contributed by atoms with Gasteiger partial charge >= 0.3 is 0 Å². The zero-order valence-electron chi connectivity index (χ0n) is 15.6. The number of nitrogens with one attached hydrogen (secondary N) is 2. The molecule has 6 heteroatoms. The summed E-state index contributed by atoms with van der Waals surface area (Å²) in [6.07, 6.45) is 0. The normalized spacial score (nSPS) is 12.6. The van der Waals surface area contributed by atoms with Gasteiger partial charge in [-0.1, -0.05) is 6.07 Å². The molecule has 1 unspecified atom stereocenters. The second-order valence-electron chi connectivity index (χ2n) is 5.66. The fourth-order valence-electron chi connectivity index (χ4n) is 2.44. The number of guanidine groups is 1. The van der Waals surface area contributed by atoms with Crippen LogP contribution in [0.5, 0.6) is 11.5 Å². The summed E-state index contributed by atoms with van der Waals surface area (Å²) in [5.74, 6) is 3.95. The number of furan rings is 1. The quantitative estimate of drug-likeness (QED) is 0.594. The molecule has 0 saturated heterocycles. The molecule has 0 fully saturated rings. The molecule has 0 radical (unpaired) electrons. The maximum atomic E-state index is 5.65. The Bertz CT molecular complexity index is 710. The predicted octanol–water partition coefficient (Wildman–Crippen LogP) is 3.42. The van der Waals surface area contributed by atoms with Gasteiger partial charge in [0.2, 0.25) is 0 Å². The summed E-state index contributed by atoms with van der Waals surface area (Å²) >= 11 is 0. The number of methoxy groups -OCH3 is 1. The van der Waals surface area contributed by atoms with E-state index in [-0.39, 0.29) is 6.04 Å². The summed E-state index contributed by atoms with van der Waals surface area (Å²) in [7, 11) is 3.38. The van der Waals surface area contributed by atoms with E-state index in [1.54, 1.807) is 14.2 Å². The average Bonchev–Trinajstić information content (AvgIpc) is 3.05. The van der Waals surface area contributed by atoms with Gasteiger partial charge < -0.3 is 24.5 Å². The topological polar surface area (TPSA) is 68.0 Å². The number of hydrogen-bond acceptors (Lipinski definition) is 4. The highest BCUT2D eigenvalue weighted by Crippen LogP contribution is 2.28. The van der Waals surface area contributed by atoms with Crippen molar-refractivity contribution in [3.8, 4) is 11.5 Å². The standard InChI is InChI=1S/C19H27N3O3/c1-6-24-18-11-15(8-10-17(18)23-5)12-21-19(20-4)22-14(3)16-9-7-13(2)25-16/h7-11,14H,6,12H2,1-5H3,(H2,20,21,22). The molecule has 0 amide bonds. The van der Waals surface area contributed by atoms with E-state index in [0.717, 1.165) is 28.6 Å². The number of aryl methyl sites for hydroxylation is 1. The van der Waals surface area contributed by atoms with Gasteiger partial charge in [-0.25, -0.2) is 0 Å². The lowest BCUT2D eigenvalue weighted by Crippen LogP contribution is -2.38. The van der Waals surface area contributed by atoms with E-state index in [1.807, 2.05) is 51.1 Å². The zero-order chi connectivity index (χ0) is 18.2. The van der Waals surface area contributed by atoms with Gasteiger partial charge in [0.05, 0.1) is 19.8 Å². The smallest absolute Gasteiger partial charge is 0.191 e. The number of rotatable bonds is 7. The van der Waals surface area contributed by atoms with E-state index in [2.05, 4.69) is 15.6 Å². The Morgan fingerprint density at radius 3 is 2.64 bits per heavy atom. The lowest BCUT2D eigenvalue weighted by molar-refractivity contribution is 0.310. The van der Waals surface area contributed by atoms with Gasteiger partial charge in [-0.05, 0) is 50.6 Å². The molecule has 2 N–H and O–H groups in total. The molecule has 1 atom stereocenters. The molecule has 0 aliphatic heterocycles. The minimum absolute atomic E-state index is 0.0229. The first-order valence-corrected chi connectivity index (χ1v) is 8.40. The van der Waals surface area contributed by atoms with Crippen LogP contribution in [0.2, 0.25) is 0 Å². The Morgan fingerprint density at radius 2 is 2.04 bits per heavy atom. The first-order valence-electron chi connectivity index (χ1n) is 8.40. The van der Waals surface area contributed by atoms with Crippen molar-refractivity contribution in [2.75, 3.05) is 20.8 Å². The Morgan fingerprint density at radius 1 is 1.24 bits per heavy atom. The fraction of sp³-hybridized carbons (Fsp3) is 0.421. The van der Waals surface area contributed by atoms with Crippen molar-refractivity contribution in [1.29, 1.82) is 0 Å². The summed E-state index contributed by atoms with van der Waals surface area (Å²) in [6.45, 7) is 7.13. The molecular formula is C19H27N3O3. The lowest BCUT2D eigenvalue weighted by atomic mass is 10.2. The van der Waals surface area contributed by atoms with Crippen molar-refractivity contribution in [2.45, 2.75) is 33.4 Å². The monoisotopic (exact) mass is 345 g/mol. The molecule has 0 bridgehead atoms. The molecule has 6 nitrogen and oxygen atoms in total. The Kier molecular flexibility index (Phi) is 6.74. The number of aliphatic imine (C=N–C) groups is 1. The first-order chi connectivity index (χ1) is 12.1. The minimum atomic E-state index is 0.0229. The number of nitrogens with zero attached hydrogens (tertiary/aromatic N) is 1. The number of ether oxygens (including phenoxy) is 2. The van der Waals surface area contributed by atoms with Crippen LogP contribution in [0, 0.1) is 6.92 Å². The molecule has 0 saturated carbocycles. The second-order valence-corrected chi connectivity index (χ2v) is 5.66. The highest BCUT2D eigenvalue weighted by Gasteiger charge is 2.11. The maximum Gasteiger partial charge on any atom is 0.191 e. The van der Waals surface area contributed by atoms with Crippen LogP contribution in [0.1, 0.15) is 37.0 Å². The molecule has 2 rings (SSSR count). The molecule has 0 aliphatic carbocycles. The predicted molar refractivity (Wildman–Crippen MR) is 99.4 cm³/mol. The molecule has 1 aromatic heterocycles. The second kappa shape index (κ2) is 9.01. The minimum Gasteiger partial charge on any atom is -0.493 e. The summed E-state index contributed by atoms with van der Waals surface area (Å²) in [5.41, 5.74) is 1.08. The van der Waals surface area contributed by atoms with Crippen LogP contribution in [-0.4, -0.2) is 26.7 Å². The third-order valence-corrected chi connectivity index (χ3v) is 3.75. The zero-order valence-corrected chi connectivity index (χ0v) is 15.6. The number of benzene rings is 1. The van der Waals surface area contributed by atoms with Gasteiger partial charge in [-0.15, -0.1) is 0 Å². The van der Waals surface area contributed by atoms with Gasteiger partial charge in [-0.2, -0.15) is 0 Å². The van der Waals surface area contributed by atoms with Crippen molar-refractivity contribution < 1.29 is 13.9 Å². The largest absolute Gasteiger partial charge is 0.493 e. The fourth-order valence-corrected chi connectivity index (χ4v) is 2.44. The summed E-state index contributed by atoms with van der Waals surface area (Å²) in [5, 5.41) is 6.62. The molecule has 2 aromatic rings. The Balaban J connectivity index is 1.97. The average molecular weight is 345 g/mol. The Hall–Kier alpha value is -2.63. The van der Waals surface area contributed by atoms with E-state index < -0.39 is 0 Å². The Labute approximate surface area is 149 Å². The first kappa shape index (κ1) is 18.7. The van der Waals surface area contributed by atoms with Gasteiger partial charge in [0.1, 0.15) is 11.5 Å². The van der Waals surface area contributed by atoms with Crippen molar-refractivity contribution in [1.82, 2.24) is 10.6 Å². The van der Waals surface area contributed by atoms with E-state index in [1.165, 1.54) is 0 Å². The van der Waals surface area contributed by atoms with Crippen LogP contribution in [0.4, 0.5) is 0 Å². The molecule has 25 heavy (non-hydrogen) atoms. The molecule has 1 heterocycles. The van der Waals surface area contributed by atoms with Crippen LogP contribution in [0.3, 0.4) is 0 Å². The molecule has 136 valence electrons. The van der Waals surface area contributed by atoms with Crippen molar-refractivity contribution in [3.63, 3.8) is 0 Å². The summed E-state index contributed by atoms with van der Waals surface area (Å²) in [4.78, 5) is 4.26. The molecular weight excluding hydrogens is 318 g/mol. The van der Waals surface area contributed by atoms with Gasteiger partial charge in [0.25, 0.3) is 0 Å². The third-order valence-electron chi connectivity index (χ3n) is 3.75. The van der Waals surface area contributed by atoms with Crippen LogP contribution >= 0.6 is 0 Å². The lowest BCUT2D eigenvalue weighted by Gasteiger charge is -2.17. The third kappa shape index (κ3) is 5.17. The molecule has 0 aliphatic rings. The highest BCUT2D eigenvalue weighted by atomic mass is 16.5. The van der Waals surface area contributed by atoms with E-state index in [9.17, 15) is 0 Å². The van der Waals surface area contributed by atoms with Crippen LogP contribution in [0.25, 0.3) is 0 Å². The molecule has 1 aromatic carbocycles. The highest BCUT2D eigenvalue weighted by molar-refractivity contribution is 5.80. The van der Waals surface area contributed by atoms with E-state index in [0.29, 0.717) is 19.1 Å². The van der Waals surface area contributed by atoms with E-state index >= 15 is 0 Å². The maximum absolute atomic E-state index is 5.65. The van der Waals surface area contributed by atoms with E-state index in [4.69, 9.17) is 13.9 Å². The van der Waals surface area contributed by atoms with Crippen LogP contribution < -0.4 is 20.1 Å². The SMILES string of the molecule is CCOc1cc(CNC(=NC)NC(C)c2ccc(C)o2)ccc1OC. The van der Waals surface area contributed by atoms with Crippen LogP contribution in [0.15, 0.2) is 39.7 Å². The van der Waals surface area contributed by atoms with Crippen LogP contribution in [-0.2, 0) is 6.54 Å². The van der Waals surface area contributed by atoms with Gasteiger partial charge in [-0.3, -0.25) is 4.99 Å². The summed E-state index contributed by atoms with van der Waals surface area (Å²) in [6, 6.07) is 9.83. The molecule has 0 spiro atoms. The van der Waals surface area contributed by atoms with Crippen molar-refractivity contribution >= 4 is 5.96 Å². The van der Waals surface area contributed by atoms with Crippen molar-refractivity contribution in [2.24, 2.45) is 4.99 Å². The van der Waals surface area contributed by atoms with Crippen molar-refractivity contribution in [3.05, 3.63) is 47.4 Å². The van der Waals surface area contributed by atoms with Gasteiger partial charge in [0, 0.05) is 13.6 Å². The number of hydrogen-bond donors (Lipinski definition) is 2. The van der Waals surface area contributed by atoms with Gasteiger partial charge in [0.15, 0.2) is 17.5 Å². The summed E-state index contributed by atoms with van der Waals surface area (Å²) < 4.78 is 16.6.